The number of para-hydroxylation sites is 1. The van der Waals surface area contributed by atoms with Crippen LogP contribution in [-0.2, 0) is 5.75 Å². The molecule has 0 N–H and O–H groups in total. The molecule has 3 aromatic rings. The monoisotopic (exact) mass is 421 g/mol. The van der Waals surface area contributed by atoms with Gasteiger partial charge in [0.15, 0.2) is 0 Å². The van der Waals surface area contributed by atoms with Crippen molar-refractivity contribution in [2.75, 3.05) is 14.2 Å². The largest absolute Gasteiger partial charge is 0.496 e. The minimum Gasteiger partial charge on any atom is -0.496 e. The van der Waals surface area contributed by atoms with Crippen LogP contribution in [0.2, 0.25) is 0 Å². The van der Waals surface area contributed by atoms with Crippen LogP contribution in [0.3, 0.4) is 0 Å². The summed E-state index contributed by atoms with van der Waals surface area (Å²) in [6, 6.07) is 14.0. The zero-order valence-electron chi connectivity index (χ0n) is 13.3. The average molecular weight is 422 g/mol. The number of thioether (sulfide) groups is 1. The zero-order chi connectivity index (χ0) is 16.9. The van der Waals surface area contributed by atoms with E-state index in [2.05, 4.69) is 27.4 Å². The maximum Gasteiger partial charge on any atom is 0.132 e. The first kappa shape index (κ1) is 17.3. The van der Waals surface area contributed by atoms with Crippen molar-refractivity contribution in [3.63, 3.8) is 0 Å². The summed E-state index contributed by atoms with van der Waals surface area (Å²) in [6.45, 7) is 0. The highest BCUT2D eigenvalue weighted by molar-refractivity contribution is 9.10. The predicted octanol–water partition coefficient (Wildman–Crippen LogP) is 5.88. The molecular formula is C18H16BrNO2S2. The number of halogens is 1. The molecule has 3 rings (SSSR count). The van der Waals surface area contributed by atoms with Gasteiger partial charge in [-0.3, -0.25) is 0 Å². The molecule has 0 spiro atoms. The lowest BCUT2D eigenvalue weighted by Gasteiger charge is -2.07. The SMILES string of the molecule is COc1ccccc1SCc1csc(-c2cc(Br)ccc2OC)n1. The molecule has 6 heteroatoms. The first-order chi connectivity index (χ1) is 11.7. The highest BCUT2D eigenvalue weighted by Gasteiger charge is 2.12. The summed E-state index contributed by atoms with van der Waals surface area (Å²) in [5.74, 6) is 2.52. The van der Waals surface area contributed by atoms with Gasteiger partial charge in [-0.2, -0.15) is 0 Å². The molecule has 124 valence electrons. The third-order valence-electron chi connectivity index (χ3n) is 3.39. The van der Waals surface area contributed by atoms with Gasteiger partial charge in [0.05, 0.1) is 25.5 Å². The molecule has 0 aliphatic heterocycles. The van der Waals surface area contributed by atoms with Crippen molar-refractivity contribution >= 4 is 39.0 Å². The molecule has 0 saturated carbocycles. The Balaban J connectivity index is 1.78. The van der Waals surface area contributed by atoms with Gasteiger partial charge in [-0.25, -0.2) is 4.98 Å². The molecular weight excluding hydrogens is 406 g/mol. The Morgan fingerprint density at radius 2 is 1.88 bits per heavy atom. The number of aromatic nitrogens is 1. The van der Waals surface area contributed by atoms with E-state index in [-0.39, 0.29) is 0 Å². The fourth-order valence-corrected chi connectivity index (χ4v) is 4.46. The van der Waals surface area contributed by atoms with E-state index in [4.69, 9.17) is 14.5 Å². The number of nitrogens with zero attached hydrogens (tertiary/aromatic N) is 1. The van der Waals surface area contributed by atoms with Gasteiger partial charge in [0.25, 0.3) is 0 Å². The molecule has 0 atom stereocenters. The van der Waals surface area contributed by atoms with E-state index in [9.17, 15) is 0 Å². The highest BCUT2D eigenvalue weighted by Crippen LogP contribution is 2.36. The molecule has 0 amide bonds. The minimum atomic E-state index is 0.799. The summed E-state index contributed by atoms with van der Waals surface area (Å²) < 4.78 is 11.9. The van der Waals surface area contributed by atoms with Crippen molar-refractivity contribution in [1.82, 2.24) is 4.98 Å². The molecule has 1 aromatic heterocycles. The van der Waals surface area contributed by atoms with Crippen molar-refractivity contribution in [3.8, 4) is 22.1 Å². The Hall–Kier alpha value is -1.50. The second-order valence-electron chi connectivity index (χ2n) is 4.93. The Labute approximate surface area is 158 Å². The van der Waals surface area contributed by atoms with Crippen LogP contribution in [0.1, 0.15) is 5.69 Å². The smallest absolute Gasteiger partial charge is 0.132 e. The van der Waals surface area contributed by atoms with Crippen molar-refractivity contribution in [2.24, 2.45) is 0 Å². The zero-order valence-corrected chi connectivity index (χ0v) is 16.5. The van der Waals surface area contributed by atoms with Gasteiger partial charge < -0.3 is 9.47 Å². The third-order valence-corrected chi connectivity index (χ3v) is 5.89. The van der Waals surface area contributed by atoms with Crippen molar-refractivity contribution in [2.45, 2.75) is 10.6 Å². The molecule has 0 bridgehead atoms. The molecule has 0 radical (unpaired) electrons. The topological polar surface area (TPSA) is 31.4 Å². The molecule has 1 heterocycles. The summed E-state index contributed by atoms with van der Waals surface area (Å²) in [7, 11) is 3.37. The van der Waals surface area contributed by atoms with E-state index in [0.717, 1.165) is 42.9 Å². The summed E-state index contributed by atoms with van der Waals surface area (Å²) in [6.07, 6.45) is 0. The molecule has 0 unspecified atom stereocenters. The third kappa shape index (κ3) is 3.94. The lowest BCUT2D eigenvalue weighted by atomic mass is 10.2. The number of hydrogen-bond donors (Lipinski definition) is 0. The van der Waals surface area contributed by atoms with Crippen LogP contribution in [0, 0.1) is 0 Å². The Morgan fingerprint density at radius 3 is 2.67 bits per heavy atom. The van der Waals surface area contributed by atoms with Gasteiger partial charge in [0, 0.05) is 20.5 Å². The van der Waals surface area contributed by atoms with Crippen LogP contribution in [0.5, 0.6) is 11.5 Å². The van der Waals surface area contributed by atoms with Gasteiger partial charge in [-0.1, -0.05) is 28.1 Å². The van der Waals surface area contributed by atoms with Gasteiger partial charge >= 0.3 is 0 Å². The van der Waals surface area contributed by atoms with E-state index in [1.807, 2.05) is 36.4 Å². The summed E-state index contributed by atoms with van der Waals surface area (Å²) in [5.41, 5.74) is 2.05. The van der Waals surface area contributed by atoms with Crippen LogP contribution >= 0.6 is 39.0 Å². The number of rotatable bonds is 6. The number of hydrogen-bond acceptors (Lipinski definition) is 5. The molecule has 0 saturated heterocycles. The standard InChI is InChI=1S/C18H16BrNO2S2/c1-21-15-8-7-12(19)9-14(15)18-20-13(11-24-18)10-23-17-6-4-3-5-16(17)22-2/h3-9,11H,10H2,1-2H3. The lowest BCUT2D eigenvalue weighted by molar-refractivity contribution is 0.405. The predicted molar refractivity (Wildman–Crippen MR) is 104 cm³/mol. The lowest BCUT2D eigenvalue weighted by Crippen LogP contribution is -1.89. The molecule has 24 heavy (non-hydrogen) atoms. The normalized spacial score (nSPS) is 10.6. The molecule has 0 fully saturated rings. The van der Waals surface area contributed by atoms with Crippen LogP contribution in [-0.4, -0.2) is 19.2 Å². The second-order valence-corrected chi connectivity index (χ2v) is 7.72. The molecule has 0 aliphatic carbocycles. The molecule has 3 nitrogen and oxygen atoms in total. The quantitative estimate of drug-likeness (QED) is 0.464. The van der Waals surface area contributed by atoms with Crippen molar-refractivity contribution in [1.29, 1.82) is 0 Å². The fraction of sp³-hybridized carbons (Fsp3) is 0.167. The van der Waals surface area contributed by atoms with Crippen molar-refractivity contribution < 1.29 is 9.47 Å². The van der Waals surface area contributed by atoms with Crippen molar-refractivity contribution in [3.05, 3.63) is 58.0 Å². The van der Waals surface area contributed by atoms with E-state index in [0.29, 0.717) is 0 Å². The number of methoxy groups -OCH3 is 2. The molecule has 2 aromatic carbocycles. The van der Waals surface area contributed by atoms with Crippen LogP contribution in [0.25, 0.3) is 10.6 Å². The summed E-state index contributed by atoms with van der Waals surface area (Å²) in [5, 5.41) is 3.06. The first-order valence-electron chi connectivity index (χ1n) is 7.25. The fourth-order valence-electron chi connectivity index (χ4n) is 2.23. The van der Waals surface area contributed by atoms with Crippen LogP contribution in [0.4, 0.5) is 0 Å². The maximum absolute atomic E-state index is 5.45. The summed E-state index contributed by atoms with van der Waals surface area (Å²) in [4.78, 5) is 5.88. The van der Waals surface area contributed by atoms with Gasteiger partial charge in [0.2, 0.25) is 0 Å². The summed E-state index contributed by atoms with van der Waals surface area (Å²) >= 11 is 6.86. The molecule has 0 aliphatic rings. The second kappa shape index (κ2) is 8.05. The van der Waals surface area contributed by atoms with Gasteiger partial charge in [0.1, 0.15) is 16.5 Å². The number of benzene rings is 2. The Kier molecular flexibility index (Phi) is 5.81. The number of ether oxygens (including phenoxy) is 2. The van der Waals surface area contributed by atoms with E-state index >= 15 is 0 Å². The van der Waals surface area contributed by atoms with E-state index in [1.54, 1.807) is 37.3 Å². The van der Waals surface area contributed by atoms with E-state index < -0.39 is 0 Å². The average Bonchev–Trinajstić information content (AvgIpc) is 3.09. The Morgan fingerprint density at radius 1 is 1.08 bits per heavy atom. The van der Waals surface area contributed by atoms with Gasteiger partial charge in [-0.15, -0.1) is 23.1 Å². The maximum atomic E-state index is 5.45. The first-order valence-corrected chi connectivity index (χ1v) is 9.91. The van der Waals surface area contributed by atoms with Crippen LogP contribution in [0.15, 0.2) is 57.2 Å². The van der Waals surface area contributed by atoms with E-state index in [1.165, 1.54) is 0 Å². The highest BCUT2D eigenvalue weighted by atomic mass is 79.9. The van der Waals surface area contributed by atoms with Gasteiger partial charge in [-0.05, 0) is 30.3 Å². The van der Waals surface area contributed by atoms with Crippen LogP contribution < -0.4 is 9.47 Å². The Bertz CT molecular complexity index is 835. The minimum absolute atomic E-state index is 0.799. The number of thiazole rings is 1.